The first-order chi connectivity index (χ1) is 13.7. The Balaban J connectivity index is 2.13. The van der Waals surface area contributed by atoms with E-state index in [-0.39, 0.29) is 17.9 Å². The minimum absolute atomic E-state index is 0.0301. The second kappa shape index (κ2) is 7.54. The van der Waals surface area contributed by atoms with Crippen molar-refractivity contribution < 1.29 is 22.8 Å². The second-order valence-electron chi connectivity index (χ2n) is 6.48. The summed E-state index contributed by atoms with van der Waals surface area (Å²) in [6, 6.07) is 14.2. The van der Waals surface area contributed by atoms with Crippen LogP contribution >= 0.6 is 0 Å². The van der Waals surface area contributed by atoms with Crippen molar-refractivity contribution in [1.29, 1.82) is 0 Å². The predicted octanol–water partition coefficient (Wildman–Crippen LogP) is 3.46. The van der Waals surface area contributed by atoms with Crippen LogP contribution in [0.15, 0.2) is 72.2 Å². The Morgan fingerprint density at radius 1 is 1.17 bits per heavy atom. The molecule has 1 aliphatic rings. The summed E-state index contributed by atoms with van der Waals surface area (Å²) in [5.74, 6) is -2.60. The number of benzene rings is 2. The molecule has 150 valence electrons. The number of aryl methyl sites for hydroxylation is 1. The zero-order chi connectivity index (χ0) is 21.2. The Hall–Kier alpha value is -3.42. The molecule has 29 heavy (non-hydrogen) atoms. The first-order valence-electron chi connectivity index (χ1n) is 8.74. The molecule has 0 aliphatic carbocycles. The van der Waals surface area contributed by atoms with E-state index >= 15 is 0 Å². The number of hydrogen-bond acceptors (Lipinski definition) is 3. The van der Waals surface area contributed by atoms with Crippen LogP contribution in [-0.4, -0.2) is 40.9 Å². The highest BCUT2D eigenvalue weighted by atomic mass is 19.4. The molecule has 1 atom stereocenters. The molecule has 5 nitrogen and oxygen atoms in total. The van der Waals surface area contributed by atoms with Gasteiger partial charge in [-0.3, -0.25) is 14.5 Å². The third kappa shape index (κ3) is 3.53. The van der Waals surface area contributed by atoms with Gasteiger partial charge in [0.05, 0.1) is 0 Å². The van der Waals surface area contributed by atoms with Gasteiger partial charge in [-0.25, -0.2) is 4.99 Å². The van der Waals surface area contributed by atoms with Gasteiger partial charge in [-0.1, -0.05) is 54.6 Å². The molecule has 0 saturated heterocycles. The SMILES string of the molecule is C=CCN1C(=O)C(NC(=O)c2ccccc2C)(C(F)(F)F)N=C1c1ccccc1. The number of nitrogens with one attached hydrogen (secondary N) is 1. The molecule has 1 unspecified atom stereocenters. The molecule has 8 heteroatoms. The minimum atomic E-state index is -5.15. The maximum atomic E-state index is 14.2. The van der Waals surface area contributed by atoms with Crippen molar-refractivity contribution in [3.05, 3.63) is 83.9 Å². The van der Waals surface area contributed by atoms with Crippen LogP contribution in [0.5, 0.6) is 0 Å². The van der Waals surface area contributed by atoms with E-state index in [1.807, 2.05) is 5.32 Å². The lowest BCUT2D eigenvalue weighted by molar-refractivity contribution is -0.196. The van der Waals surface area contributed by atoms with E-state index in [9.17, 15) is 22.8 Å². The van der Waals surface area contributed by atoms with Crippen LogP contribution in [0, 0.1) is 6.92 Å². The highest BCUT2D eigenvalue weighted by Crippen LogP contribution is 2.38. The Kier molecular flexibility index (Phi) is 5.28. The van der Waals surface area contributed by atoms with Gasteiger partial charge < -0.3 is 5.32 Å². The zero-order valence-corrected chi connectivity index (χ0v) is 15.5. The van der Waals surface area contributed by atoms with Crippen LogP contribution in [0.2, 0.25) is 0 Å². The summed E-state index contributed by atoms with van der Waals surface area (Å²) >= 11 is 0. The third-order valence-electron chi connectivity index (χ3n) is 4.52. The van der Waals surface area contributed by atoms with Gasteiger partial charge in [0.1, 0.15) is 5.84 Å². The third-order valence-corrected chi connectivity index (χ3v) is 4.52. The summed E-state index contributed by atoms with van der Waals surface area (Å²) in [6.45, 7) is 4.90. The van der Waals surface area contributed by atoms with Crippen molar-refractivity contribution in [2.24, 2.45) is 4.99 Å². The molecule has 2 aromatic rings. The van der Waals surface area contributed by atoms with Crippen molar-refractivity contribution in [3.8, 4) is 0 Å². The van der Waals surface area contributed by atoms with Crippen molar-refractivity contribution >= 4 is 17.6 Å². The van der Waals surface area contributed by atoms with E-state index in [1.165, 1.54) is 30.3 Å². The Morgan fingerprint density at radius 2 is 1.79 bits per heavy atom. The summed E-state index contributed by atoms with van der Waals surface area (Å²) in [7, 11) is 0. The first kappa shape index (κ1) is 20.3. The minimum Gasteiger partial charge on any atom is -0.312 e. The van der Waals surface area contributed by atoms with Crippen LogP contribution in [0.3, 0.4) is 0 Å². The van der Waals surface area contributed by atoms with Gasteiger partial charge >= 0.3 is 11.8 Å². The van der Waals surface area contributed by atoms with Crippen molar-refractivity contribution in [2.75, 3.05) is 6.54 Å². The van der Waals surface area contributed by atoms with E-state index in [1.54, 1.807) is 37.3 Å². The molecule has 0 aromatic heterocycles. The highest BCUT2D eigenvalue weighted by molar-refractivity contribution is 6.17. The smallest absolute Gasteiger partial charge is 0.312 e. The van der Waals surface area contributed by atoms with Crippen LogP contribution in [-0.2, 0) is 4.79 Å². The molecule has 1 heterocycles. The molecule has 0 saturated carbocycles. The van der Waals surface area contributed by atoms with Crippen LogP contribution in [0.4, 0.5) is 13.2 Å². The molecule has 2 amide bonds. The highest BCUT2D eigenvalue weighted by Gasteiger charge is 2.67. The van der Waals surface area contributed by atoms with Gasteiger partial charge in [-0.15, -0.1) is 6.58 Å². The molecule has 0 bridgehead atoms. The predicted molar refractivity (Wildman–Crippen MR) is 102 cm³/mol. The topological polar surface area (TPSA) is 61.8 Å². The van der Waals surface area contributed by atoms with E-state index in [0.29, 0.717) is 11.1 Å². The average molecular weight is 401 g/mol. The summed E-state index contributed by atoms with van der Waals surface area (Å²) in [4.78, 5) is 30.2. The van der Waals surface area contributed by atoms with E-state index in [4.69, 9.17) is 0 Å². The molecule has 1 N–H and O–H groups in total. The standard InChI is InChI=1S/C21H18F3N3O2/c1-3-13-27-17(15-10-5-4-6-11-15)25-20(19(27)29,21(22,23)24)26-18(28)16-12-8-7-9-14(16)2/h3-12H,1,13H2,2H3,(H,26,28). The number of rotatable bonds is 5. The Labute approximate surface area is 165 Å². The number of amidine groups is 1. The number of carbonyl (C=O) groups is 2. The van der Waals surface area contributed by atoms with Gasteiger partial charge in [0.15, 0.2) is 0 Å². The lowest BCUT2D eigenvalue weighted by Crippen LogP contribution is -2.63. The maximum Gasteiger partial charge on any atom is 0.442 e. The molecule has 2 aromatic carbocycles. The zero-order valence-electron chi connectivity index (χ0n) is 15.5. The van der Waals surface area contributed by atoms with Crippen molar-refractivity contribution in [1.82, 2.24) is 10.2 Å². The van der Waals surface area contributed by atoms with E-state index in [2.05, 4.69) is 11.6 Å². The number of nitrogens with zero attached hydrogens (tertiary/aromatic N) is 2. The number of aliphatic imine (C=N–C) groups is 1. The monoisotopic (exact) mass is 401 g/mol. The lowest BCUT2D eigenvalue weighted by atomic mass is 10.1. The Bertz CT molecular complexity index is 986. The van der Waals surface area contributed by atoms with Crippen molar-refractivity contribution in [2.45, 2.75) is 18.8 Å². The second-order valence-corrected chi connectivity index (χ2v) is 6.48. The number of amides is 2. The quantitative estimate of drug-likeness (QED) is 0.780. The molecule has 1 aliphatic heterocycles. The summed E-state index contributed by atoms with van der Waals surface area (Å²) in [6.07, 6.45) is -3.86. The number of carbonyl (C=O) groups excluding carboxylic acids is 2. The van der Waals surface area contributed by atoms with Gasteiger partial charge in [0.2, 0.25) is 0 Å². The number of hydrogen-bond donors (Lipinski definition) is 1. The van der Waals surface area contributed by atoms with Gasteiger partial charge in [0, 0.05) is 17.7 Å². The van der Waals surface area contributed by atoms with Crippen molar-refractivity contribution in [3.63, 3.8) is 0 Å². The average Bonchev–Trinajstić information content (AvgIpc) is 2.96. The molecule has 0 fully saturated rings. The van der Waals surface area contributed by atoms with E-state index < -0.39 is 23.7 Å². The normalized spacial score (nSPS) is 19.1. The first-order valence-corrected chi connectivity index (χ1v) is 8.74. The Morgan fingerprint density at radius 3 is 2.38 bits per heavy atom. The summed E-state index contributed by atoms with van der Waals surface area (Å²) in [5, 5.41) is 1.85. The van der Waals surface area contributed by atoms with Gasteiger partial charge in [-0.05, 0) is 18.6 Å². The van der Waals surface area contributed by atoms with Crippen LogP contribution in [0.1, 0.15) is 21.5 Å². The molecule has 3 rings (SSSR count). The van der Waals surface area contributed by atoms with E-state index in [0.717, 1.165) is 4.90 Å². The van der Waals surface area contributed by atoms with Gasteiger partial charge in [0.25, 0.3) is 11.8 Å². The fourth-order valence-corrected chi connectivity index (χ4v) is 3.06. The fourth-order valence-electron chi connectivity index (χ4n) is 3.06. The molecule has 0 spiro atoms. The van der Waals surface area contributed by atoms with Crippen LogP contribution in [0.25, 0.3) is 0 Å². The molecular formula is C21H18F3N3O2. The van der Waals surface area contributed by atoms with Crippen LogP contribution < -0.4 is 5.32 Å². The van der Waals surface area contributed by atoms with Gasteiger partial charge in [-0.2, -0.15) is 13.2 Å². The lowest BCUT2D eigenvalue weighted by Gasteiger charge is -2.29. The summed E-state index contributed by atoms with van der Waals surface area (Å²) in [5.41, 5.74) is -2.59. The largest absolute Gasteiger partial charge is 0.442 e. The number of halogens is 3. The molecular weight excluding hydrogens is 383 g/mol. The molecule has 0 radical (unpaired) electrons. The fraction of sp³-hybridized carbons (Fsp3) is 0.190. The summed E-state index contributed by atoms with van der Waals surface area (Å²) < 4.78 is 42.5. The number of alkyl halides is 3. The maximum absolute atomic E-state index is 14.2.